The second kappa shape index (κ2) is 3.74. The first kappa shape index (κ1) is 11.3. The lowest BCUT2D eigenvalue weighted by atomic mass is 10.3. The molecule has 3 nitrogen and oxygen atoms in total. The van der Waals surface area contributed by atoms with Crippen molar-refractivity contribution in [3.05, 3.63) is 23.8 Å². The molecule has 0 aromatic carbocycles. The lowest BCUT2D eigenvalue weighted by Gasteiger charge is -2.01. The van der Waals surface area contributed by atoms with Crippen LogP contribution in [-0.2, 0) is 9.05 Å². The maximum atomic E-state index is 12.7. The Morgan fingerprint density at radius 1 is 1.43 bits per heavy atom. The van der Waals surface area contributed by atoms with E-state index < -0.39 is 31.9 Å². The van der Waals surface area contributed by atoms with Gasteiger partial charge in [-0.05, 0) is 6.07 Å². The van der Waals surface area contributed by atoms with Crippen LogP contribution < -0.4 is 0 Å². The van der Waals surface area contributed by atoms with Crippen molar-refractivity contribution in [2.75, 3.05) is 0 Å². The molecule has 0 unspecified atom stereocenters. The van der Waals surface area contributed by atoms with E-state index >= 15 is 0 Å². The quantitative estimate of drug-likeness (QED) is 0.592. The Morgan fingerprint density at radius 3 is 2.43 bits per heavy atom. The van der Waals surface area contributed by atoms with Crippen molar-refractivity contribution < 1.29 is 21.6 Å². The van der Waals surface area contributed by atoms with Crippen molar-refractivity contribution in [1.82, 2.24) is 4.98 Å². The van der Waals surface area contributed by atoms with E-state index in [2.05, 4.69) is 4.98 Å². The molecule has 0 amide bonds. The molecule has 1 aromatic heterocycles. The Bertz CT molecular complexity index is 448. The van der Waals surface area contributed by atoms with Gasteiger partial charge < -0.3 is 0 Å². The van der Waals surface area contributed by atoms with Crippen LogP contribution in [0.1, 0.15) is 12.0 Å². The summed E-state index contributed by atoms with van der Waals surface area (Å²) in [4.78, 5) is 1.81. The molecule has 0 aliphatic heterocycles. The normalized spacial score (nSPS) is 12.1. The zero-order valence-corrected chi connectivity index (χ0v) is 7.99. The van der Waals surface area contributed by atoms with E-state index in [-0.39, 0.29) is 0 Å². The molecule has 0 saturated heterocycles. The summed E-state index contributed by atoms with van der Waals surface area (Å²) in [5, 5.41) is 0. The largest absolute Gasteiger partial charge is 0.265 e. The van der Waals surface area contributed by atoms with Crippen molar-refractivity contribution in [3.8, 4) is 0 Å². The second-order valence-electron chi connectivity index (χ2n) is 2.30. The summed E-state index contributed by atoms with van der Waals surface area (Å²) in [6.45, 7) is 0. The van der Waals surface area contributed by atoms with E-state index in [1.165, 1.54) is 0 Å². The number of aromatic nitrogens is 1. The van der Waals surface area contributed by atoms with Gasteiger partial charge in [0.1, 0.15) is 4.90 Å². The van der Waals surface area contributed by atoms with Crippen LogP contribution in [0.25, 0.3) is 0 Å². The number of rotatable bonds is 2. The van der Waals surface area contributed by atoms with Gasteiger partial charge in [0.2, 0.25) is 5.95 Å². The van der Waals surface area contributed by atoms with E-state index in [0.29, 0.717) is 12.3 Å². The standard InChI is InChI=1S/C6H3ClF3NO2S/c7-14(12,13)4-1-3(5(8)9)2-11-6(4)10/h1-2,5H. The topological polar surface area (TPSA) is 47.0 Å². The van der Waals surface area contributed by atoms with Crippen molar-refractivity contribution >= 4 is 19.7 Å². The summed E-state index contributed by atoms with van der Waals surface area (Å²) in [6, 6.07) is 0.454. The Hall–Kier alpha value is -0.820. The molecule has 0 fully saturated rings. The van der Waals surface area contributed by atoms with E-state index in [0.717, 1.165) is 0 Å². The molecule has 0 saturated carbocycles. The Labute approximate surface area is 81.9 Å². The number of hydrogen-bond donors (Lipinski definition) is 0. The fourth-order valence-electron chi connectivity index (χ4n) is 0.733. The van der Waals surface area contributed by atoms with Crippen LogP contribution in [-0.4, -0.2) is 13.4 Å². The van der Waals surface area contributed by atoms with Gasteiger partial charge in [0.05, 0.1) is 0 Å². The summed E-state index contributed by atoms with van der Waals surface area (Å²) in [5.41, 5.74) is -0.703. The molecule has 8 heteroatoms. The number of alkyl halides is 2. The smallest absolute Gasteiger partial charge is 0.227 e. The first-order valence-corrected chi connectivity index (χ1v) is 5.51. The molecule has 78 valence electrons. The third-order valence-electron chi connectivity index (χ3n) is 1.34. The minimum Gasteiger partial charge on any atom is -0.227 e. The van der Waals surface area contributed by atoms with Crippen molar-refractivity contribution in [1.29, 1.82) is 0 Å². The Kier molecular flexibility index (Phi) is 3.01. The van der Waals surface area contributed by atoms with Crippen LogP contribution in [0.5, 0.6) is 0 Å². The van der Waals surface area contributed by atoms with Crippen LogP contribution in [0.2, 0.25) is 0 Å². The lowest BCUT2D eigenvalue weighted by Crippen LogP contribution is -2.00. The second-order valence-corrected chi connectivity index (χ2v) is 4.83. The van der Waals surface area contributed by atoms with Gasteiger partial charge in [0.25, 0.3) is 15.5 Å². The van der Waals surface area contributed by atoms with E-state index in [1.807, 2.05) is 0 Å². The average Bonchev–Trinajstić information content (AvgIpc) is 2.02. The predicted molar refractivity (Wildman–Crippen MR) is 42.2 cm³/mol. The number of halogens is 4. The van der Waals surface area contributed by atoms with Crippen LogP contribution in [0, 0.1) is 5.95 Å². The highest BCUT2D eigenvalue weighted by Crippen LogP contribution is 2.24. The highest BCUT2D eigenvalue weighted by Gasteiger charge is 2.20. The zero-order chi connectivity index (χ0) is 10.9. The van der Waals surface area contributed by atoms with Crippen LogP contribution in [0.4, 0.5) is 13.2 Å². The molecule has 1 rings (SSSR count). The molecule has 14 heavy (non-hydrogen) atoms. The van der Waals surface area contributed by atoms with Gasteiger partial charge in [-0.3, -0.25) is 0 Å². The molecule has 0 spiro atoms. The van der Waals surface area contributed by atoms with Crippen LogP contribution in [0.15, 0.2) is 17.2 Å². The summed E-state index contributed by atoms with van der Waals surface area (Å²) in [5.74, 6) is -1.40. The first-order chi connectivity index (χ1) is 6.32. The molecule has 0 aliphatic carbocycles. The number of hydrogen-bond acceptors (Lipinski definition) is 3. The van der Waals surface area contributed by atoms with Gasteiger partial charge in [-0.2, -0.15) is 4.39 Å². The van der Waals surface area contributed by atoms with Gasteiger partial charge in [0, 0.05) is 22.4 Å². The van der Waals surface area contributed by atoms with Gasteiger partial charge in [0.15, 0.2) is 0 Å². The van der Waals surface area contributed by atoms with Crippen molar-refractivity contribution in [2.45, 2.75) is 11.3 Å². The summed E-state index contributed by atoms with van der Waals surface area (Å²) >= 11 is 0. The van der Waals surface area contributed by atoms with Gasteiger partial charge in [-0.1, -0.05) is 0 Å². The van der Waals surface area contributed by atoms with Crippen LogP contribution in [0.3, 0.4) is 0 Å². The summed E-state index contributed by atoms with van der Waals surface area (Å²) < 4.78 is 58.2. The third-order valence-corrected chi connectivity index (χ3v) is 2.65. The highest BCUT2D eigenvalue weighted by atomic mass is 35.7. The molecule has 0 radical (unpaired) electrons. The fraction of sp³-hybridized carbons (Fsp3) is 0.167. The Balaban J connectivity index is 3.37. The minimum absolute atomic E-state index is 0.454. The molecule has 1 aromatic rings. The number of nitrogens with zero attached hydrogens (tertiary/aromatic N) is 1. The molecule has 0 N–H and O–H groups in total. The fourth-order valence-corrected chi connectivity index (χ4v) is 1.59. The molecular weight excluding hydrogens is 243 g/mol. The third kappa shape index (κ3) is 2.36. The van der Waals surface area contributed by atoms with E-state index in [9.17, 15) is 21.6 Å². The molecule has 0 aliphatic rings. The predicted octanol–water partition coefficient (Wildman–Crippen LogP) is 2.09. The minimum atomic E-state index is -4.39. The van der Waals surface area contributed by atoms with Gasteiger partial charge in [-0.15, -0.1) is 0 Å². The molecule has 0 atom stereocenters. The SMILES string of the molecule is O=S(=O)(Cl)c1cc(C(F)F)cnc1F. The van der Waals surface area contributed by atoms with Crippen molar-refractivity contribution in [3.63, 3.8) is 0 Å². The monoisotopic (exact) mass is 245 g/mol. The highest BCUT2D eigenvalue weighted by molar-refractivity contribution is 8.13. The average molecular weight is 246 g/mol. The van der Waals surface area contributed by atoms with E-state index in [1.54, 1.807) is 0 Å². The van der Waals surface area contributed by atoms with Crippen LogP contribution >= 0.6 is 10.7 Å². The van der Waals surface area contributed by atoms with Gasteiger partial charge >= 0.3 is 0 Å². The molecule has 0 bridgehead atoms. The maximum Gasteiger partial charge on any atom is 0.265 e. The van der Waals surface area contributed by atoms with Crippen molar-refractivity contribution in [2.24, 2.45) is 0 Å². The zero-order valence-electron chi connectivity index (χ0n) is 6.42. The summed E-state index contributed by atoms with van der Waals surface area (Å²) in [6.07, 6.45) is -2.38. The number of pyridine rings is 1. The summed E-state index contributed by atoms with van der Waals surface area (Å²) in [7, 11) is 0.400. The lowest BCUT2D eigenvalue weighted by molar-refractivity contribution is 0.150. The van der Waals surface area contributed by atoms with E-state index in [4.69, 9.17) is 10.7 Å². The van der Waals surface area contributed by atoms with Gasteiger partial charge in [-0.25, -0.2) is 22.2 Å². The molecule has 1 heterocycles. The maximum absolute atomic E-state index is 12.7. The Morgan fingerprint density at radius 2 is 2.00 bits per heavy atom. The first-order valence-electron chi connectivity index (χ1n) is 3.20. The molecular formula is C6H3ClF3NO2S.